The van der Waals surface area contributed by atoms with E-state index in [1.54, 1.807) is 0 Å². The van der Waals surface area contributed by atoms with Crippen molar-refractivity contribution in [1.29, 1.82) is 0 Å². The van der Waals surface area contributed by atoms with Gasteiger partial charge in [-0.05, 0) is 84.1 Å². The number of fused-ring (bicyclic) bond motifs is 1. The van der Waals surface area contributed by atoms with Gasteiger partial charge in [-0.25, -0.2) is 4.68 Å². The lowest BCUT2D eigenvalue weighted by Crippen LogP contribution is -2.49. The van der Waals surface area contributed by atoms with Gasteiger partial charge in [-0.2, -0.15) is 0 Å². The molecule has 0 amide bonds. The zero-order chi connectivity index (χ0) is 27.8. The van der Waals surface area contributed by atoms with Crippen molar-refractivity contribution in [2.75, 3.05) is 31.1 Å². The van der Waals surface area contributed by atoms with E-state index >= 15 is 0 Å². The number of tetrazole rings is 1. The lowest BCUT2D eigenvalue weighted by atomic mass is 9.99. The number of nitrogens with one attached hydrogen (secondary N) is 1. The minimum absolute atomic E-state index is 0.103. The first-order valence-corrected chi connectivity index (χ1v) is 13.9. The van der Waals surface area contributed by atoms with Crippen LogP contribution < -0.4 is 10.5 Å². The number of pyridine rings is 1. The number of anilines is 1. The number of hydrogen-bond donors (Lipinski definition) is 1. The second-order valence-electron chi connectivity index (χ2n) is 11.0. The van der Waals surface area contributed by atoms with Crippen LogP contribution in [0.25, 0.3) is 10.9 Å². The predicted molar refractivity (Wildman–Crippen MR) is 159 cm³/mol. The largest absolute Gasteiger partial charge is 0.369 e. The molecule has 40 heavy (non-hydrogen) atoms. The number of piperazine rings is 1. The number of rotatable bonds is 6. The zero-order valence-electron chi connectivity index (χ0n) is 23.6. The average Bonchev–Trinajstić information content (AvgIpc) is 3.39. The van der Waals surface area contributed by atoms with Gasteiger partial charge in [0.15, 0.2) is 5.82 Å². The molecule has 204 valence electrons. The quantitative estimate of drug-likeness (QED) is 0.341. The SMILES string of the molecule is Cc1ccc(C)c(N2CCN([C@H](c3cc4c(C)cc(C)cc4[nH]c3=O)c3nnnn3Cc3ccccc3)CC2)c1. The maximum absolute atomic E-state index is 13.7. The molecule has 3 aromatic carbocycles. The van der Waals surface area contributed by atoms with Crippen molar-refractivity contribution in [2.45, 2.75) is 40.3 Å². The highest BCUT2D eigenvalue weighted by Crippen LogP contribution is 2.31. The second-order valence-corrected chi connectivity index (χ2v) is 11.0. The highest BCUT2D eigenvalue weighted by atomic mass is 16.1. The van der Waals surface area contributed by atoms with E-state index in [0.29, 0.717) is 17.9 Å². The summed E-state index contributed by atoms with van der Waals surface area (Å²) in [6.45, 7) is 12.2. The van der Waals surface area contributed by atoms with Crippen LogP contribution in [0.2, 0.25) is 0 Å². The summed E-state index contributed by atoms with van der Waals surface area (Å²) in [5.74, 6) is 0.679. The molecule has 0 bridgehead atoms. The topological polar surface area (TPSA) is 82.9 Å². The molecule has 0 spiro atoms. The van der Waals surface area contributed by atoms with Gasteiger partial charge in [-0.3, -0.25) is 9.69 Å². The fourth-order valence-corrected chi connectivity index (χ4v) is 5.95. The van der Waals surface area contributed by atoms with Gasteiger partial charge >= 0.3 is 0 Å². The first-order valence-electron chi connectivity index (χ1n) is 13.9. The van der Waals surface area contributed by atoms with Gasteiger partial charge < -0.3 is 9.88 Å². The number of aromatic amines is 1. The van der Waals surface area contributed by atoms with Gasteiger partial charge in [0.25, 0.3) is 5.56 Å². The van der Waals surface area contributed by atoms with E-state index in [1.165, 1.54) is 16.8 Å². The number of hydrogen-bond acceptors (Lipinski definition) is 6. The van der Waals surface area contributed by atoms with E-state index in [1.807, 2.05) is 35.0 Å². The van der Waals surface area contributed by atoms with E-state index < -0.39 is 0 Å². The maximum Gasteiger partial charge on any atom is 0.253 e. The molecular weight excluding hydrogens is 498 g/mol. The molecule has 0 aliphatic carbocycles. The summed E-state index contributed by atoms with van der Waals surface area (Å²) in [7, 11) is 0. The van der Waals surface area contributed by atoms with Crippen molar-refractivity contribution >= 4 is 16.6 Å². The highest BCUT2D eigenvalue weighted by molar-refractivity contribution is 5.83. The molecule has 8 nitrogen and oxygen atoms in total. The molecule has 0 saturated carbocycles. The standard InChI is InChI=1S/C32H35N7O/c1-21-10-11-23(3)29(18-21)37-12-14-38(15-13-37)30(31-34-35-36-39(31)20-25-8-6-5-7-9-25)27-19-26-24(4)16-22(2)17-28(26)33-32(27)40/h5-11,16-19,30H,12-15,20H2,1-4H3,(H,33,40)/t30-/m1/s1. The molecule has 1 aliphatic heterocycles. The zero-order valence-corrected chi connectivity index (χ0v) is 23.6. The van der Waals surface area contributed by atoms with Crippen LogP contribution in [-0.2, 0) is 6.54 Å². The molecule has 0 radical (unpaired) electrons. The van der Waals surface area contributed by atoms with Crippen LogP contribution in [0.5, 0.6) is 0 Å². The molecule has 8 heteroatoms. The smallest absolute Gasteiger partial charge is 0.253 e. The molecule has 1 atom stereocenters. The van der Waals surface area contributed by atoms with Crippen molar-refractivity contribution < 1.29 is 0 Å². The Labute approximate surface area is 234 Å². The Bertz CT molecular complexity index is 1720. The van der Waals surface area contributed by atoms with Crippen molar-refractivity contribution in [3.8, 4) is 0 Å². The normalized spacial score (nSPS) is 15.1. The van der Waals surface area contributed by atoms with E-state index in [9.17, 15) is 4.79 Å². The van der Waals surface area contributed by atoms with Gasteiger partial charge in [0, 0.05) is 48.3 Å². The van der Waals surface area contributed by atoms with Crippen molar-refractivity contribution in [3.05, 3.63) is 116 Å². The summed E-state index contributed by atoms with van der Waals surface area (Å²) in [5, 5.41) is 14.0. The highest BCUT2D eigenvalue weighted by Gasteiger charge is 2.33. The number of benzene rings is 3. The third kappa shape index (κ3) is 5.02. The summed E-state index contributed by atoms with van der Waals surface area (Å²) in [5.41, 5.74) is 8.60. The Hall–Kier alpha value is -4.30. The van der Waals surface area contributed by atoms with E-state index in [4.69, 9.17) is 0 Å². The van der Waals surface area contributed by atoms with Crippen molar-refractivity contribution in [1.82, 2.24) is 30.1 Å². The minimum atomic E-state index is -0.381. The summed E-state index contributed by atoms with van der Waals surface area (Å²) in [6, 6.07) is 22.6. The Morgan fingerprint density at radius 1 is 0.850 bits per heavy atom. The van der Waals surface area contributed by atoms with Crippen LogP contribution in [0.4, 0.5) is 5.69 Å². The van der Waals surface area contributed by atoms with Gasteiger partial charge in [-0.15, -0.1) is 5.10 Å². The number of aromatic nitrogens is 5. The third-order valence-electron chi connectivity index (χ3n) is 8.00. The molecule has 1 fully saturated rings. The molecule has 5 aromatic rings. The van der Waals surface area contributed by atoms with Crippen molar-refractivity contribution in [3.63, 3.8) is 0 Å². The molecular formula is C32H35N7O. The average molecular weight is 534 g/mol. The first-order chi connectivity index (χ1) is 19.4. The molecule has 6 rings (SSSR count). The number of aryl methyl sites for hydroxylation is 4. The Kier molecular flexibility index (Phi) is 6.94. The molecule has 3 heterocycles. The van der Waals surface area contributed by atoms with Crippen LogP contribution in [0.1, 0.15) is 45.2 Å². The summed E-state index contributed by atoms with van der Waals surface area (Å²) in [4.78, 5) is 21.7. The fraction of sp³-hybridized carbons (Fsp3) is 0.312. The van der Waals surface area contributed by atoms with E-state index in [2.05, 4.69) is 94.4 Å². The molecule has 1 saturated heterocycles. The lowest BCUT2D eigenvalue weighted by Gasteiger charge is -2.40. The van der Waals surface area contributed by atoms with Crippen LogP contribution in [0.15, 0.2) is 71.5 Å². The van der Waals surface area contributed by atoms with Crippen LogP contribution >= 0.6 is 0 Å². The van der Waals surface area contributed by atoms with Crippen molar-refractivity contribution in [2.24, 2.45) is 0 Å². The van der Waals surface area contributed by atoms with E-state index in [0.717, 1.165) is 53.8 Å². The van der Waals surface area contributed by atoms with Crippen LogP contribution in [-0.4, -0.2) is 56.3 Å². The second kappa shape index (κ2) is 10.7. The third-order valence-corrected chi connectivity index (χ3v) is 8.00. The predicted octanol–water partition coefficient (Wildman–Crippen LogP) is 4.71. The van der Waals surface area contributed by atoms with Gasteiger partial charge in [0.2, 0.25) is 0 Å². The summed E-state index contributed by atoms with van der Waals surface area (Å²) < 4.78 is 1.84. The monoisotopic (exact) mass is 533 g/mol. The molecule has 1 aliphatic rings. The first kappa shape index (κ1) is 26.0. The molecule has 1 N–H and O–H groups in total. The van der Waals surface area contributed by atoms with Gasteiger partial charge in [0.1, 0.15) is 6.04 Å². The Balaban J connectivity index is 1.41. The fourth-order valence-electron chi connectivity index (χ4n) is 5.95. The van der Waals surface area contributed by atoms with E-state index in [-0.39, 0.29) is 11.6 Å². The van der Waals surface area contributed by atoms with Crippen LogP contribution in [0, 0.1) is 27.7 Å². The Morgan fingerprint density at radius 3 is 2.40 bits per heavy atom. The molecule has 2 aromatic heterocycles. The lowest BCUT2D eigenvalue weighted by molar-refractivity contribution is 0.200. The molecule has 0 unspecified atom stereocenters. The maximum atomic E-state index is 13.7. The summed E-state index contributed by atoms with van der Waals surface area (Å²) in [6.07, 6.45) is 0. The van der Waals surface area contributed by atoms with Gasteiger partial charge in [0.05, 0.1) is 6.54 Å². The number of nitrogens with zero attached hydrogens (tertiary/aromatic N) is 6. The van der Waals surface area contributed by atoms with Crippen LogP contribution in [0.3, 0.4) is 0 Å². The minimum Gasteiger partial charge on any atom is -0.369 e. The van der Waals surface area contributed by atoms with Gasteiger partial charge in [-0.1, -0.05) is 48.5 Å². The summed E-state index contributed by atoms with van der Waals surface area (Å²) >= 11 is 0. The number of H-pyrrole nitrogens is 1. The Morgan fingerprint density at radius 2 is 1.62 bits per heavy atom.